The van der Waals surface area contributed by atoms with Crippen molar-refractivity contribution in [3.8, 4) is 10.4 Å². The van der Waals surface area contributed by atoms with Gasteiger partial charge in [-0.3, -0.25) is 10.2 Å². The molecule has 0 atom stereocenters. The number of anilines is 1. The zero-order chi connectivity index (χ0) is 17.8. The summed E-state index contributed by atoms with van der Waals surface area (Å²) in [7, 11) is 0. The number of nitrogens with one attached hydrogen (secondary N) is 1. The lowest BCUT2D eigenvalue weighted by atomic mass is 10.1. The molecule has 0 aliphatic rings. The molecule has 2 aromatic carbocycles. The Hall–Kier alpha value is -2.64. The van der Waals surface area contributed by atoms with E-state index in [2.05, 4.69) is 21.4 Å². The summed E-state index contributed by atoms with van der Waals surface area (Å²) in [6, 6.07) is 17.6. The smallest absolute Gasteiger partial charge is 0.431 e. The highest BCUT2D eigenvalue weighted by Gasteiger charge is 2.18. The van der Waals surface area contributed by atoms with Crippen molar-refractivity contribution in [1.82, 2.24) is 5.43 Å². The summed E-state index contributed by atoms with van der Waals surface area (Å²) in [5, 5.41) is 12.2. The van der Waals surface area contributed by atoms with Crippen LogP contribution < -0.4 is 10.4 Å². The molecule has 0 fully saturated rings. The molecule has 0 spiro atoms. The van der Waals surface area contributed by atoms with E-state index in [1.807, 2.05) is 29.6 Å². The maximum atomic E-state index is 12.3. The van der Waals surface area contributed by atoms with Crippen molar-refractivity contribution in [3.05, 3.63) is 76.1 Å². The molecule has 0 aliphatic carbocycles. The molecule has 3 rings (SSSR count). The van der Waals surface area contributed by atoms with E-state index in [0.717, 1.165) is 19.9 Å². The van der Waals surface area contributed by atoms with Gasteiger partial charge in [0.2, 0.25) is 0 Å². The lowest BCUT2D eigenvalue weighted by molar-refractivity contribution is 0.0944. The third-order valence-electron chi connectivity index (χ3n) is 3.44. The van der Waals surface area contributed by atoms with Crippen LogP contribution in [0.2, 0.25) is 0 Å². The van der Waals surface area contributed by atoms with Gasteiger partial charge in [-0.2, -0.15) is 5.01 Å². The molecule has 3 aromatic rings. The first-order valence-corrected chi connectivity index (χ1v) is 8.95. The van der Waals surface area contributed by atoms with Crippen LogP contribution in [0.5, 0.6) is 0 Å². The van der Waals surface area contributed by atoms with Gasteiger partial charge in [0, 0.05) is 14.9 Å². The van der Waals surface area contributed by atoms with Crippen LogP contribution >= 0.6 is 27.3 Å². The Morgan fingerprint density at radius 1 is 1.00 bits per heavy atom. The number of amides is 2. The second-order valence-corrected chi connectivity index (χ2v) is 6.95. The maximum absolute atomic E-state index is 12.3. The topological polar surface area (TPSA) is 69.6 Å². The van der Waals surface area contributed by atoms with Gasteiger partial charge in [0.25, 0.3) is 5.91 Å². The predicted octanol–water partition coefficient (Wildman–Crippen LogP) is 5.01. The number of benzene rings is 2. The second-order valence-electron chi connectivity index (χ2n) is 5.09. The summed E-state index contributed by atoms with van der Waals surface area (Å²) in [5.74, 6) is -0.503. The van der Waals surface area contributed by atoms with E-state index in [4.69, 9.17) is 0 Å². The minimum atomic E-state index is -1.27. The van der Waals surface area contributed by atoms with Crippen molar-refractivity contribution in [1.29, 1.82) is 0 Å². The number of hydrogen-bond acceptors (Lipinski definition) is 3. The molecule has 0 radical (unpaired) electrons. The lowest BCUT2D eigenvalue weighted by Gasteiger charge is -2.20. The van der Waals surface area contributed by atoms with E-state index in [0.29, 0.717) is 11.3 Å². The first kappa shape index (κ1) is 17.2. The number of carbonyl (C=O) groups excluding carboxylic acids is 1. The number of rotatable bonds is 3. The van der Waals surface area contributed by atoms with Crippen LogP contribution in [0.3, 0.4) is 0 Å². The summed E-state index contributed by atoms with van der Waals surface area (Å²) in [6.07, 6.45) is -1.27. The van der Waals surface area contributed by atoms with Crippen molar-refractivity contribution in [2.75, 3.05) is 5.01 Å². The molecule has 5 nitrogen and oxygen atoms in total. The van der Waals surface area contributed by atoms with Gasteiger partial charge >= 0.3 is 6.09 Å². The van der Waals surface area contributed by atoms with Gasteiger partial charge in [0.1, 0.15) is 0 Å². The van der Waals surface area contributed by atoms with Gasteiger partial charge in [-0.25, -0.2) is 4.79 Å². The van der Waals surface area contributed by atoms with Crippen molar-refractivity contribution in [2.45, 2.75) is 0 Å². The molecule has 2 N–H and O–H groups in total. The average Bonchev–Trinajstić information content (AvgIpc) is 3.14. The largest absolute Gasteiger partial charge is 0.463 e. The fourth-order valence-corrected chi connectivity index (χ4v) is 3.21. The highest BCUT2D eigenvalue weighted by Crippen LogP contribution is 2.26. The molecule has 0 aliphatic heterocycles. The van der Waals surface area contributed by atoms with Crippen LogP contribution in [-0.2, 0) is 0 Å². The van der Waals surface area contributed by atoms with Crippen LogP contribution in [0.15, 0.2) is 70.5 Å². The lowest BCUT2D eigenvalue weighted by Crippen LogP contribution is -2.45. The van der Waals surface area contributed by atoms with Gasteiger partial charge in [0.15, 0.2) is 0 Å². The monoisotopic (exact) mass is 416 g/mol. The Kier molecular flexibility index (Phi) is 5.16. The molecule has 1 heterocycles. The van der Waals surface area contributed by atoms with Gasteiger partial charge in [-0.05, 0) is 53.4 Å². The Balaban J connectivity index is 1.80. The standard InChI is InChI=1S/C18H13BrN2O3S/c19-14-7-3-13(4-8-14)17(22)20-21(18(23)24)15-9-5-12(6-10-15)16-2-1-11-25-16/h1-11H,(H,20,22)(H,23,24). The van der Waals surface area contributed by atoms with Crippen LogP contribution in [0.4, 0.5) is 10.5 Å². The van der Waals surface area contributed by atoms with Crippen LogP contribution in [0.1, 0.15) is 10.4 Å². The summed E-state index contributed by atoms with van der Waals surface area (Å²) < 4.78 is 0.836. The Morgan fingerprint density at radius 2 is 1.68 bits per heavy atom. The maximum Gasteiger partial charge on any atom is 0.431 e. The van der Waals surface area contributed by atoms with Gasteiger partial charge in [-0.15, -0.1) is 11.3 Å². The fourth-order valence-electron chi connectivity index (χ4n) is 2.21. The average molecular weight is 417 g/mol. The Morgan fingerprint density at radius 3 is 2.24 bits per heavy atom. The van der Waals surface area contributed by atoms with Crippen molar-refractivity contribution < 1.29 is 14.7 Å². The van der Waals surface area contributed by atoms with E-state index in [-0.39, 0.29) is 0 Å². The van der Waals surface area contributed by atoms with E-state index in [9.17, 15) is 14.7 Å². The predicted molar refractivity (Wildman–Crippen MR) is 102 cm³/mol. The fraction of sp³-hybridized carbons (Fsp3) is 0. The normalized spacial score (nSPS) is 10.3. The number of halogens is 1. The van der Waals surface area contributed by atoms with Gasteiger partial charge in [0.05, 0.1) is 5.69 Å². The van der Waals surface area contributed by atoms with Crippen molar-refractivity contribution in [3.63, 3.8) is 0 Å². The van der Waals surface area contributed by atoms with Crippen molar-refractivity contribution in [2.24, 2.45) is 0 Å². The number of hydrazine groups is 1. The quantitative estimate of drug-likeness (QED) is 0.589. The summed E-state index contributed by atoms with van der Waals surface area (Å²) in [5.41, 5.74) is 4.12. The Bertz CT molecular complexity index is 878. The molecular weight excluding hydrogens is 404 g/mol. The van der Waals surface area contributed by atoms with Gasteiger partial charge < -0.3 is 5.11 Å². The van der Waals surface area contributed by atoms with Crippen LogP contribution in [0, 0.1) is 0 Å². The minimum absolute atomic E-state index is 0.360. The van der Waals surface area contributed by atoms with Crippen LogP contribution in [-0.4, -0.2) is 17.1 Å². The molecule has 25 heavy (non-hydrogen) atoms. The molecule has 0 unspecified atom stereocenters. The molecule has 126 valence electrons. The highest BCUT2D eigenvalue weighted by molar-refractivity contribution is 9.10. The molecule has 0 bridgehead atoms. The summed E-state index contributed by atoms with van der Waals surface area (Å²) in [6.45, 7) is 0. The minimum Gasteiger partial charge on any atom is -0.463 e. The van der Waals surface area contributed by atoms with E-state index in [1.54, 1.807) is 47.7 Å². The van der Waals surface area contributed by atoms with E-state index < -0.39 is 12.0 Å². The number of carbonyl (C=O) groups is 2. The number of thiophene rings is 1. The van der Waals surface area contributed by atoms with Crippen LogP contribution in [0.25, 0.3) is 10.4 Å². The first-order chi connectivity index (χ1) is 12.0. The third-order valence-corrected chi connectivity index (χ3v) is 4.89. The third kappa shape index (κ3) is 4.07. The Labute approximate surface area is 156 Å². The van der Waals surface area contributed by atoms with Crippen molar-refractivity contribution >= 4 is 45.0 Å². The summed E-state index contributed by atoms with van der Waals surface area (Å²) in [4.78, 5) is 24.9. The second kappa shape index (κ2) is 7.50. The zero-order valence-corrected chi connectivity index (χ0v) is 15.3. The van der Waals surface area contributed by atoms with E-state index in [1.165, 1.54) is 0 Å². The number of carboxylic acid groups (broad SMARTS) is 1. The van der Waals surface area contributed by atoms with Gasteiger partial charge in [-0.1, -0.05) is 34.1 Å². The molecule has 1 aromatic heterocycles. The SMILES string of the molecule is O=C(NN(C(=O)O)c1ccc(-c2cccs2)cc1)c1ccc(Br)cc1. The zero-order valence-electron chi connectivity index (χ0n) is 12.8. The molecule has 0 saturated carbocycles. The van der Waals surface area contributed by atoms with E-state index >= 15 is 0 Å². The molecule has 2 amide bonds. The molecule has 7 heteroatoms. The molecular formula is C18H13BrN2O3S. The molecule has 0 saturated heterocycles. The summed E-state index contributed by atoms with van der Waals surface area (Å²) >= 11 is 4.90. The first-order valence-electron chi connectivity index (χ1n) is 7.28. The highest BCUT2D eigenvalue weighted by atomic mass is 79.9. The number of nitrogens with zero attached hydrogens (tertiary/aromatic N) is 1. The number of hydrogen-bond donors (Lipinski definition) is 2.